The third kappa shape index (κ3) is 10.4. The number of carbonyl (C=O) groups is 2. The number of hydrogen-bond acceptors (Lipinski definition) is 11. The lowest BCUT2D eigenvalue weighted by atomic mass is 9.45. The number of fused-ring (bicyclic) bond motifs is 2. The first-order valence-electron chi connectivity index (χ1n) is 23.2. The van der Waals surface area contributed by atoms with Crippen LogP contribution in [0, 0.1) is 52.8 Å². The molecule has 1 saturated heterocycles. The monoisotopic (exact) mass is 852 g/mol. The summed E-state index contributed by atoms with van der Waals surface area (Å²) >= 11 is 0. The van der Waals surface area contributed by atoms with Crippen LogP contribution in [-0.2, 0) is 29.0 Å². The average Bonchev–Trinajstić information content (AvgIpc) is 3.56. The number of nitrogens with zero attached hydrogens (tertiary/aromatic N) is 3. The van der Waals surface area contributed by atoms with Gasteiger partial charge in [-0.05, 0) is 128 Å². The molecule has 1 aliphatic heterocycles. The molecule has 7 aliphatic rings. The SMILES string of the molecule is COC1C(CN2O[C@@H](CO)[C@@H]([C@H](C)O)[C@H]2C(=O)N[C@H]2C[C@H]3C[C@@H]([C@@H]2C)C3(C)C)CCCC1C1CC(C(=O)N[C@H](CN(C)C)CS(=O)(=O)C2CCCCC2)CC(N(C)C)C1. The smallest absolute Gasteiger partial charge is 0.240 e. The number of ether oxygens (including phenoxy) is 1. The molecule has 0 aromatic heterocycles. The van der Waals surface area contributed by atoms with Crippen molar-refractivity contribution in [3.05, 3.63) is 0 Å². The van der Waals surface area contributed by atoms with E-state index in [9.17, 15) is 28.2 Å². The van der Waals surface area contributed by atoms with Crippen molar-refractivity contribution >= 4 is 21.7 Å². The Labute approximate surface area is 356 Å². The summed E-state index contributed by atoms with van der Waals surface area (Å²) in [6.07, 6.45) is 10.1. The van der Waals surface area contributed by atoms with Crippen LogP contribution in [0.15, 0.2) is 0 Å². The van der Waals surface area contributed by atoms with Gasteiger partial charge in [-0.3, -0.25) is 14.4 Å². The molecule has 1 heterocycles. The Balaban J connectivity index is 1.16. The van der Waals surface area contributed by atoms with E-state index in [0.29, 0.717) is 61.9 Å². The van der Waals surface area contributed by atoms with Crippen molar-refractivity contribution in [3.8, 4) is 0 Å². The molecule has 340 valence electrons. The number of hydrogen-bond donors (Lipinski definition) is 4. The Bertz CT molecular complexity index is 1520. The predicted molar refractivity (Wildman–Crippen MR) is 230 cm³/mol. The molecule has 2 amide bonds. The number of sulfone groups is 1. The number of likely N-dealkylation sites (N-methyl/N-ethyl adjacent to an activating group) is 1. The highest BCUT2D eigenvalue weighted by atomic mass is 32.2. The summed E-state index contributed by atoms with van der Waals surface area (Å²) in [5.74, 6) is 0.851. The molecule has 14 heteroatoms. The molecule has 7 fully saturated rings. The van der Waals surface area contributed by atoms with Gasteiger partial charge < -0.3 is 35.4 Å². The van der Waals surface area contributed by atoms with Crippen LogP contribution in [0.4, 0.5) is 0 Å². The number of aliphatic hydroxyl groups excluding tert-OH is 2. The number of nitrogens with one attached hydrogen (secondary N) is 2. The Kier molecular flexibility index (Phi) is 15.6. The van der Waals surface area contributed by atoms with Crippen LogP contribution in [0.25, 0.3) is 0 Å². The van der Waals surface area contributed by atoms with Gasteiger partial charge in [0.05, 0.1) is 35.9 Å². The highest BCUT2D eigenvalue weighted by molar-refractivity contribution is 7.92. The van der Waals surface area contributed by atoms with Crippen molar-refractivity contribution in [2.45, 2.75) is 159 Å². The summed E-state index contributed by atoms with van der Waals surface area (Å²) in [7, 11) is 6.42. The van der Waals surface area contributed by atoms with Gasteiger partial charge in [0.15, 0.2) is 9.84 Å². The van der Waals surface area contributed by atoms with E-state index in [1.54, 1.807) is 19.1 Å². The third-order valence-electron chi connectivity index (χ3n) is 16.6. The molecule has 0 aromatic rings. The van der Waals surface area contributed by atoms with Gasteiger partial charge in [0, 0.05) is 50.0 Å². The second-order valence-corrected chi connectivity index (χ2v) is 23.5. The molecule has 2 bridgehead atoms. The maximum Gasteiger partial charge on any atom is 0.240 e. The zero-order chi connectivity index (χ0) is 43.0. The lowest BCUT2D eigenvalue weighted by molar-refractivity contribution is -0.193. The maximum atomic E-state index is 14.4. The van der Waals surface area contributed by atoms with Gasteiger partial charge in [0.1, 0.15) is 12.1 Å². The molecular weight excluding hydrogens is 771 g/mol. The highest BCUT2D eigenvalue weighted by Gasteiger charge is 2.58. The molecular formula is C45H81N5O8S. The van der Waals surface area contributed by atoms with E-state index in [1.165, 1.54) is 6.42 Å². The second kappa shape index (κ2) is 19.6. The van der Waals surface area contributed by atoms with Crippen LogP contribution in [-0.4, -0.2) is 154 Å². The lowest BCUT2D eigenvalue weighted by Crippen LogP contribution is -2.62. The number of aliphatic hydroxyl groups is 2. The first-order valence-corrected chi connectivity index (χ1v) is 25.0. The fourth-order valence-corrected chi connectivity index (χ4v) is 15.2. The van der Waals surface area contributed by atoms with Crippen LogP contribution >= 0.6 is 0 Å². The van der Waals surface area contributed by atoms with E-state index < -0.39 is 40.0 Å². The van der Waals surface area contributed by atoms with Crippen molar-refractivity contribution in [1.82, 2.24) is 25.5 Å². The number of carbonyl (C=O) groups excluding carboxylic acids is 2. The van der Waals surface area contributed by atoms with Crippen molar-refractivity contribution < 1.29 is 37.8 Å². The zero-order valence-electron chi connectivity index (χ0n) is 37.9. The van der Waals surface area contributed by atoms with Crippen molar-refractivity contribution in [2.24, 2.45) is 52.8 Å². The van der Waals surface area contributed by atoms with Gasteiger partial charge >= 0.3 is 0 Å². The summed E-state index contributed by atoms with van der Waals surface area (Å²) in [4.78, 5) is 39.3. The molecule has 6 unspecified atom stereocenters. The molecule has 7 rings (SSSR count). The fraction of sp³-hybridized carbons (Fsp3) is 0.956. The van der Waals surface area contributed by atoms with Crippen LogP contribution in [0.1, 0.15) is 111 Å². The van der Waals surface area contributed by atoms with E-state index in [1.807, 2.05) is 19.0 Å². The molecule has 15 atom stereocenters. The molecule has 6 aliphatic carbocycles. The van der Waals surface area contributed by atoms with Gasteiger partial charge in [-0.1, -0.05) is 46.5 Å². The Morgan fingerprint density at radius 1 is 0.966 bits per heavy atom. The Morgan fingerprint density at radius 2 is 1.68 bits per heavy atom. The van der Waals surface area contributed by atoms with Crippen LogP contribution in [0.2, 0.25) is 0 Å². The summed E-state index contributed by atoms with van der Waals surface area (Å²) in [6, 6.07) is -0.977. The number of methoxy groups -OCH3 is 1. The molecule has 6 saturated carbocycles. The lowest BCUT2D eigenvalue weighted by Gasteiger charge is -2.62. The maximum absolute atomic E-state index is 14.4. The topological polar surface area (TPSA) is 161 Å². The average molecular weight is 852 g/mol. The van der Waals surface area contributed by atoms with Crippen molar-refractivity contribution in [2.75, 3.05) is 60.7 Å². The zero-order valence-corrected chi connectivity index (χ0v) is 38.7. The van der Waals surface area contributed by atoms with Crippen LogP contribution in [0.3, 0.4) is 0 Å². The minimum Gasteiger partial charge on any atom is -0.394 e. The highest BCUT2D eigenvalue weighted by Crippen LogP contribution is 2.61. The van der Waals surface area contributed by atoms with Gasteiger partial charge in [-0.15, -0.1) is 0 Å². The molecule has 4 N–H and O–H groups in total. The van der Waals surface area contributed by atoms with E-state index in [2.05, 4.69) is 50.4 Å². The molecule has 0 aromatic carbocycles. The summed E-state index contributed by atoms with van der Waals surface area (Å²) in [6.45, 7) is 9.24. The van der Waals surface area contributed by atoms with E-state index in [-0.39, 0.29) is 71.3 Å². The van der Waals surface area contributed by atoms with Crippen molar-refractivity contribution in [3.63, 3.8) is 0 Å². The molecule has 0 spiro atoms. The summed E-state index contributed by atoms with van der Waals surface area (Å²) in [5, 5.41) is 29.6. The normalized spacial score (nSPS) is 39.1. The van der Waals surface area contributed by atoms with E-state index in [0.717, 1.165) is 51.4 Å². The molecule has 0 radical (unpaired) electrons. The Hall–Kier alpha value is -1.39. The molecule has 59 heavy (non-hydrogen) atoms. The molecule has 13 nitrogen and oxygen atoms in total. The third-order valence-corrected chi connectivity index (χ3v) is 19.0. The standard InChI is InChI=1S/C45H81N5O8S/c1-27-37-21-32(45(37,3)4)22-38(27)47-44(54)41-40(28(2)52)39(25-51)58-50(41)23-29-14-13-17-36(42(29)57-9)30-18-31(20-34(19-30)49(7)8)43(53)46-33(24-48(5)6)26-59(55,56)35-15-11-10-12-16-35/h27-42,51-52H,10-26H2,1-9H3,(H,46,53)(H,47,54)/t27-,28-,29?,30?,31?,32+,33+,34?,36?,37-,38-,39-,40+,41-,42?/m0/s1. The van der Waals surface area contributed by atoms with Gasteiger partial charge in [0.2, 0.25) is 11.8 Å². The van der Waals surface area contributed by atoms with Crippen molar-refractivity contribution in [1.29, 1.82) is 0 Å². The quantitative estimate of drug-likeness (QED) is 0.179. The number of hydroxylamine groups is 2. The minimum absolute atomic E-state index is 0.0321. The van der Waals surface area contributed by atoms with E-state index >= 15 is 0 Å². The summed E-state index contributed by atoms with van der Waals surface area (Å²) in [5.41, 5.74) is 0.292. The van der Waals surface area contributed by atoms with Crippen LogP contribution < -0.4 is 10.6 Å². The van der Waals surface area contributed by atoms with Crippen LogP contribution in [0.5, 0.6) is 0 Å². The van der Waals surface area contributed by atoms with Gasteiger partial charge in [-0.25, -0.2) is 8.42 Å². The second-order valence-electron chi connectivity index (χ2n) is 21.2. The first kappa shape index (κ1) is 47.1. The number of amides is 2. The first-order chi connectivity index (χ1) is 27.9. The fourth-order valence-electron chi connectivity index (χ4n) is 13.2. The minimum atomic E-state index is -3.35. The Morgan fingerprint density at radius 3 is 2.27 bits per heavy atom. The largest absolute Gasteiger partial charge is 0.394 e. The summed E-state index contributed by atoms with van der Waals surface area (Å²) < 4.78 is 33.6. The predicted octanol–water partition coefficient (Wildman–Crippen LogP) is 3.72. The van der Waals surface area contributed by atoms with Gasteiger partial charge in [0.25, 0.3) is 0 Å². The number of rotatable bonds is 16. The van der Waals surface area contributed by atoms with Gasteiger partial charge in [-0.2, -0.15) is 5.06 Å². The van der Waals surface area contributed by atoms with E-state index in [4.69, 9.17) is 9.57 Å².